The number of carbonyl (C=O) groups is 1. The summed E-state index contributed by atoms with van der Waals surface area (Å²) in [5.41, 5.74) is 3.87. The highest BCUT2D eigenvalue weighted by atomic mass is 16.4. The Balaban J connectivity index is 1.71. The van der Waals surface area contributed by atoms with Gasteiger partial charge >= 0.3 is 5.97 Å². The predicted octanol–water partition coefficient (Wildman–Crippen LogP) is 3.25. The van der Waals surface area contributed by atoms with Crippen LogP contribution in [0, 0.1) is 18.3 Å². The molecule has 3 heterocycles. The summed E-state index contributed by atoms with van der Waals surface area (Å²) in [5, 5.41) is 10.3. The first-order valence-corrected chi connectivity index (χ1v) is 10.2. The van der Waals surface area contributed by atoms with E-state index >= 15 is 0 Å². The molecule has 0 spiro atoms. The first-order valence-electron chi connectivity index (χ1n) is 10.2. The third kappa shape index (κ3) is 3.53. The van der Waals surface area contributed by atoms with Crippen LogP contribution in [0.25, 0.3) is 22.2 Å². The average molecular weight is 403 g/mol. The lowest BCUT2D eigenvalue weighted by atomic mass is 10.0. The molecule has 0 aliphatic carbocycles. The van der Waals surface area contributed by atoms with Crippen LogP contribution in [0.4, 0.5) is 0 Å². The third-order valence-electron chi connectivity index (χ3n) is 6.06. The molecule has 1 aliphatic heterocycles. The molecule has 6 heteroatoms. The van der Waals surface area contributed by atoms with Crippen LogP contribution in [-0.4, -0.2) is 38.6 Å². The number of aromatic nitrogens is 2. The molecule has 4 rings (SSSR count). The number of carboxylic acid groups (broad SMARTS) is 1. The first-order chi connectivity index (χ1) is 14.4. The van der Waals surface area contributed by atoms with E-state index in [2.05, 4.69) is 39.6 Å². The standard InChI is InChI=1S/C24H25N3O3/c1-4-15-8-9-27(13-15)14-19-11-18-10-17(6-7-21(18)26(19)3)22-16(5-2)12-20(24(29)30)23(28)25-22/h1,6-7,10-12,15H,5,8-9,13-14H2,2-3H3,(H,25,28)(H,29,30). The summed E-state index contributed by atoms with van der Waals surface area (Å²) in [7, 11) is 2.06. The highest BCUT2D eigenvalue weighted by Crippen LogP contribution is 2.28. The zero-order valence-electron chi connectivity index (χ0n) is 17.2. The number of rotatable bonds is 5. The van der Waals surface area contributed by atoms with Crippen LogP contribution in [0.5, 0.6) is 0 Å². The van der Waals surface area contributed by atoms with Crippen molar-refractivity contribution in [1.29, 1.82) is 0 Å². The van der Waals surface area contributed by atoms with Gasteiger partial charge in [-0.05, 0) is 54.8 Å². The second kappa shape index (κ2) is 7.85. The number of H-pyrrole nitrogens is 1. The van der Waals surface area contributed by atoms with Gasteiger partial charge in [-0.15, -0.1) is 12.3 Å². The number of nitrogens with zero attached hydrogens (tertiary/aromatic N) is 2. The molecule has 154 valence electrons. The summed E-state index contributed by atoms with van der Waals surface area (Å²) in [6.07, 6.45) is 7.24. The van der Waals surface area contributed by atoms with Crippen molar-refractivity contribution in [2.24, 2.45) is 13.0 Å². The zero-order chi connectivity index (χ0) is 21.4. The van der Waals surface area contributed by atoms with E-state index in [1.165, 1.54) is 11.8 Å². The first kappa shape index (κ1) is 20.0. The molecule has 0 radical (unpaired) electrons. The Hall–Kier alpha value is -3.30. The van der Waals surface area contributed by atoms with Crippen molar-refractivity contribution in [1.82, 2.24) is 14.5 Å². The van der Waals surface area contributed by atoms with E-state index in [1.807, 2.05) is 19.1 Å². The minimum absolute atomic E-state index is 0.227. The van der Waals surface area contributed by atoms with E-state index in [4.69, 9.17) is 6.42 Å². The highest BCUT2D eigenvalue weighted by molar-refractivity contribution is 5.89. The maximum atomic E-state index is 12.2. The van der Waals surface area contributed by atoms with E-state index in [0.717, 1.165) is 48.1 Å². The molecule has 1 fully saturated rings. The molecule has 0 saturated carbocycles. The van der Waals surface area contributed by atoms with Crippen molar-refractivity contribution in [2.45, 2.75) is 26.3 Å². The Bertz CT molecular complexity index is 1230. The molecule has 1 aliphatic rings. The molecule has 2 N–H and O–H groups in total. The van der Waals surface area contributed by atoms with Crippen LogP contribution >= 0.6 is 0 Å². The second-order valence-electron chi connectivity index (χ2n) is 7.93. The number of aromatic amines is 1. The number of terminal acetylenes is 1. The van der Waals surface area contributed by atoms with Gasteiger partial charge in [0.25, 0.3) is 5.56 Å². The SMILES string of the molecule is C#CC1CCN(Cc2cc3cc(-c4[nH]c(=O)c(C(=O)O)cc4CC)ccc3n2C)C1. The number of likely N-dealkylation sites (tertiary alicyclic amines) is 1. The lowest BCUT2D eigenvalue weighted by Crippen LogP contribution is -2.21. The zero-order valence-corrected chi connectivity index (χ0v) is 17.2. The lowest BCUT2D eigenvalue weighted by Gasteiger charge is -2.15. The highest BCUT2D eigenvalue weighted by Gasteiger charge is 2.22. The van der Waals surface area contributed by atoms with Gasteiger partial charge in [-0.1, -0.05) is 13.0 Å². The van der Waals surface area contributed by atoms with Crippen LogP contribution in [-0.2, 0) is 20.0 Å². The number of pyridine rings is 1. The molecule has 2 aromatic heterocycles. The Morgan fingerprint density at radius 1 is 1.33 bits per heavy atom. The van der Waals surface area contributed by atoms with Crippen LogP contribution in [0.15, 0.2) is 35.1 Å². The van der Waals surface area contributed by atoms with Crippen LogP contribution in [0.3, 0.4) is 0 Å². The van der Waals surface area contributed by atoms with Gasteiger partial charge in [-0.3, -0.25) is 9.69 Å². The fraction of sp³-hybridized carbons (Fsp3) is 0.333. The van der Waals surface area contributed by atoms with E-state index < -0.39 is 11.5 Å². The van der Waals surface area contributed by atoms with Gasteiger partial charge in [0.1, 0.15) is 5.56 Å². The van der Waals surface area contributed by atoms with Crippen molar-refractivity contribution in [3.63, 3.8) is 0 Å². The second-order valence-corrected chi connectivity index (χ2v) is 7.93. The molecule has 0 bridgehead atoms. The molecule has 1 aromatic carbocycles. The van der Waals surface area contributed by atoms with Crippen molar-refractivity contribution in [3.05, 3.63) is 57.5 Å². The molecular formula is C24H25N3O3. The average Bonchev–Trinajstić information content (AvgIpc) is 3.31. The maximum Gasteiger partial charge on any atom is 0.341 e. The Kier molecular flexibility index (Phi) is 5.23. The van der Waals surface area contributed by atoms with Crippen LogP contribution in [0.2, 0.25) is 0 Å². The molecule has 30 heavy (non-hydrogen) atoms. The summed E-state index contributed by atoms with van der Waals surface area (Å²) in [6, 6.07) is 9.73. The topological polar surface area (TPSA) is 78.3 Å². The molecule has 3 aromatic rings. The van der Waals surface area contributed by atoms with Crippen molar-refractivity contribution in [2.75, 3.05) is 13.1 Å². The molecular weight excluding hydrogens is 378 g/mol. The van der Waals surface area contributed by atoms with E-state index in [1.54, 1.807) is 0 Å². The summed E-state index contributed by atoms with van der Waals surface area (Å²) in [6.45, 7) is 4.74. The summed E-state index contributed by atoms with van der Waals surface area (Å²) < 4.78 is 2.19. The number of aryl methyl sites for hydroxylation is 2. The molecule has 1 unspecified atom stereocenters. The fourth-order valence-corrected chi connectivity index (χ4v) is 4.32. The quantitative estimate of drug-likeness (QED) is 0.641. The van der Waals surface area contributed by atoms with E-state index in [-0.39, 0.29) is 5.56 Å². The molecule has 1 saturated heterocycles. The number of benzene rings is 1. The van der Waals surface area contributed by atoms with Crippen molar-refractivity contribution < 1.29 is 9.90 Å². The Labute approximate surface area is 175 Å². The van der Waals surface area contributed by atoms with Gasteiger partial charge in [0.2, 0.25) is 0 Å². The molecule has 1 atom stereocenters. The Morgan fingerprint density at radius 3 is 2.80 bits per heavy atom. The normalized spacial score (nSPS) is 16.8. The largest absolute Gasteiger partial charge is 0.477 e. The minimum atomic E-state index is -1.21. The number of hydrogen-bond acceptors (Lipinski definition) is 3. The number of hydrogen-bond donors (Lipinski definition) is 2. The van der Waals surface area contributed by atoms with Gasteiger partial charge in [-0.2, -0.15) is 0 Å². The van der Waals surface area contributed by atoms with Gasteiger partial charge in [0.05, 0.1) is 5.69 Å². The monoisotopic (exact) mass is 403 g/mol. The fourth-order valence-electron chi connectivity index (χ4n) is 4.32. The minimum Gasteiger partial charge on any atom is -0.477 e. The van der Waals surface area contributed by atoms with Crippen LogP contribution in [0.1, 0.15) is 35.0 Å². The third-order valence-corrected chi connectivity index (χ3v) is 6.06. The molecule has 6 nitrogen and oxygen atoms in total. The smallest absolute Gasteiger partial charge is 0.341 e. The number of carboxylic acids is 1. The summed E-state index contributed by atoms with van der Waals surface area (Å²) in [4.78, 5) is 28.7. The van der Waals surface area contributed by atoms with Gasteiger partial charge in [0, 0.05) is 42.7 Å². The summed E-state index contributed by atoms with van der Waals surface area (Å²) in [5.74, 6) is 1.98. The van der Waals surface area contributed by atoms with Crippen LogP contribution < -0.4 is 5.56 Å². The number of aromatic carboxylic acids is 1. The predicted molar refractivity (Wildman–Crippen MR) is 118 cm³/mol. The van der Waals surface area contributed by atoms with E-state index in [9.17, 15) is 14.7 Å². The maximum absolute atomic E-state index is 12.2. The van der Waals surface area contributed by atoms with Crippen molar-refractivity contribution >= 4 is 16.9 Å². The van der Waals surface area contributed by atoms with E-state index in [0.29, 0.717) is 18.0 Å². The number of nitrogens with one attached hydrogen (secondary N) is 1. The lowest BCUT2D eigenvalue weighted by molar-refractivity contribution is 0.0695. The van der Waals surface area contributed by atoms with Gasteiger partial charge < -0.3 is 14.7 Å². The summed E-state index contributed by atoms with van der Waals surface area (Å²) >= 11 is 0. The van der Waals surface area contributed by atoms with Gasteiger partial charge in [-0.25, -0.2) is 4.79 Å². The molecule has 0 amide bonds. The van der Waals surface area contributed by atoms with Gasteiger partial charge in [0.15, 0.2) is 0 Å². The number of fused-ring (bicyclic) bond motifs is 1. The van der Waals surface area contributed by atoms with Crippen molar-refractivity contribution in [3.8, 4) is 23.6 Å². The Morgan fingerprint density at radius 2 is 2.13 bits per heavy atom.